The number of benzene rings is 2. The molecule has 2 heterocycles. The van der Waals surface area contributed by atoms with Gasteiger partial charge in [0.1, 0.15) is 23.5 Å². The van der Waals surface area contributed by atoms with Gasteiger partial charge in [-0.3, -0.25) is 0 Å². The van der Waals surface area contributed by atoms with Gasteiger partial charge in [-0.25, -0.2) is 19.3 Å². The largest absolute Gasteiger partial charge is 0.363 e. The lowest BCUT2D eigenvalue weighted by Crippen LogP contribution is -2.09. The van der Waals surface area contributed by atoms with Crippen LogP contribution >= 0.6 is 0 Å². The molecule has 0 spiro atoms. The van der Waals surface area contributed by atoms with Crippen LogP contribution in [0.15, 0.2) is 67.5 Å². The number of halogens is 1. The monoisotopic (exact) mass is 333 g/mol. The van der Waals surface area contributed by atoms with Crippen LogP contribution in [0, 0.1) is 5.82 Å². The lowest BCUT2D eigenvalue weighted by Gasteiger charge is -2.17. The van der Waals surface area contributed by atoms with Crippen LogP contribution < -0.4 is 5.32 Å². The Hall–Kier alpha value is -3.28. The Labute approximate surface area is 144 Å². The molecule has 6 heteroatoms. The van der Waals surface area contributed by atoms with Crippen molar-refractivity contribution >= 4 is 16.7 Å². The molecular formula is C19H16FN5. The summed E-state index contributed by atoms with van der Waals surface area (Å²) in [6, 6.07) is 13.0. The second kappa shape index (κ2) is 6.32. The third-order valence-corrected chi connectivity index (χ3v) is 4.14. The molecule has 0 aliphatic rings. The van der Waals surface area contributed by atoms with Crippen LogP contribution in [0.3, 0.4) is 0 Å². The number of rotatable bonds is 4. The van der Waals surface area contributed by atoms with Gasteiger partial charge in [0.15, 0.2) is 0 Å². The third-order valence-electron chi connectivity index (χ3n) is 4.14. The van der Waals surface area contributed by atoms with E-state index in [1.54, 1.807) is 18.6 Å². The predicted molar refractivity (Wildman–Crippen MR) is 95.1 cm³/mol. The molecule has 25 heavy (non-hydrogen) atoms. The van der Waals surface area contributed by atoms with Gasteiger partial charge >= 0.3 is 0 Å². The van der Waals surface area contributed by atoms with Crippen LogP contribution in [0.5, 0.6) is 0 Å². The van der Waals surface area contributed by atoms with Crippen molar-refractivity contribution in [1.82, 2.24) is 19.5 Å². The van der Waals surface area contributed by atoms with Gasteiger partial charge in [0.2, 0.25) is 0 Å². The maximum atomic E-state index is 13.9. The van der Waals surface area contributed by atoms with Crippen LogP contribution in [-0.4, -0.2) is 19.5 Å². The molecule has 2 aromatic carbocycles. The summed E-state index contributed by atoms with van der Waals surface area (Å²) in [5.41, 5.74) is 2.44. The Morgan fingerprint density at radius 3 is 2.84 bits per heavy atom. The van der Waals surface area contributed by atoms with Gasteiger partial charge in [-0.15, -0.1) is 0 Å². The molecule has 0 radical (unpaired) electrons. The highest BCUT2D eigenvalue weighted by molar-refractivity contribution is 5.89. The van der Waals surface area contributed by atoms with Crippen LogP contribution in [-0.2, 0) is 0 Å². The Bertz CT molecular complexity index is 1010. The number of aromatic nitrogens is 4. The summed E-state index contributed by atoms with van der Waals surface area (Å²) in [5, 5.41) is 4.03. The number of para-hydroxylation sites is 1. The normalized spacial score (nSPS) is 12.2. The molecule has 124 valence electrons. The minimum absolute atomic E-state index is 0.00941. The summed E-state index contributed by atoms with van der Waals surface area (Å²) >= 11 is 0. The number of hydrogen-bond donors (Lipinski definition) is 1. The molecule has 4 aromatic rings. The summed E-state index contributed by atoms with van der Waals surface area (Å²) < 4.78 is 15.9. The fourth-order valence-electron chi connectivity index (χ4n) is 2.82. The number of fused-ring (bicyclic) bond motifs is 1. The SMILES string of the molecule is C[C@@H](Nc1ncnc2c(F)cccc12)c1cccc(-n2ccnc2)c1. The Kier molecular flexibility index (Phi) is 3.85. The maximum Gasteiger partial charge on any atom is 0.149 e. The van der Waals surface area contributed by atoms with Crippen molar-refractivity contribution in [1.29, 1.82) is 0 Å². The lowest BCUT2D eigenvalue weighted by molar-refractivity contribution is 0.636. The van der Waals surface area contributed by atoms with E-state index < -0.39 is 0 Å². The van der Waals surface area contributed by atoms with Gasteiger partial charge < -0.3 is 9.88 Å². The lowest BCUT2D eigenvalue weighted by atomic mass is 10.1. The van der Waals surface area contributed by atoms with Crippen LogP contribution in [0.25, 0.3) is 16.6 Å². The highest BCUT2D eigenvalue weighted by Crippen LogP contribution is 2.26. The molecular weight excluding hydrogens is 317 g/mol. The topological polar surface area (TPSA) is 55.6 Å². The average Bonchev–Trinajstić information content (AvgIpc) is 3.17. The van der Waals surface area contributed by atoms with Gasteiger partial charge in [-0.2, -0.15) is 0 Å². The van der Waals surface area contributed by atoms with Gasteiger partial charge in [0.25, 0.3) is 0 Å². The molecule has 0 saturated carbocycles. The summed E-state index contributed by atoms with van der Waals surface area (Å²) in [6.45, 7) is 2.04. The molecule has 0 aliphatic carbocycles. The highest BCUT2D eigenvalue weighted by atomic mass is 19.1. The van der Waals surface area contributed by atoms with E-state index in [0.717, 1.165) is 11.3 Å². The van der Waals surface area contributed by atoms with Crippen molar-refractivity contribution in [3.8, 4) is 5.69 Å². The van der Waals surface area contributed by atoms with Crippen molar-refractivity contribution < 1.29 is 4.39 Å². The van der Waals surface area contributed by atoms with Gasteiger partial charge in [0, 0.05) is 23.5 Å². The zero-order valence-electron chi connectivity index (χ0n) is 13.6. The number of nitrogens with zero attached hydrogens (tertiary/aromatic N) is 4. The zero-order chi connectivity index (χ0) is 17.2. The number of imidazole rings is 1. The molecule has 0 fully saturated rings. The molecule has 2 aromatic heterocycles. The van der Waals surface area contributed by atoms with Gasteiger partial charge in [-0.05, 0) is 36.8 Å². The van der Waals surface area contributed by atoms with Crippen molar-refractivity contribution in [2.24, 2.45) is 0 Å². The molecule has 0 saturated heterocycles. The average molecular weight is 333 g/mol. The van der Waals surface area contributed by atoms with Crippen molar-refractivity contribution in [2.45, 2.75) is 13.0 Å². The van der Waals surface area contributed by atoms with E-state index in [2.05, 4.69) is 26.3 Å². The van der Waals surface area contributed by atoms with Crippen LogP contribution in [0.1, 0.15) is 18.5 Å². The molecule has 4 rings (SSSR count). The van der Waals surface area contributed by atoms with Crippen molar-refractivity contribution in [2.75, 3.05) is 5.32 Å². The third kappa shape index (κ3) is 2.94. The Morgan fingerprint density at radius 1 is 1.12 bits per heavy atom. The van der Waals surface area contributed by atoms with E-state index in [1.165, 1.54) is 12.4 Å². The van der Waals surface area contributed by atoms with E-state index in [0.29, 0.717) is 16.7 Å². The van der Waals surface area contributed by atoms with E-state index in [9.17, 15) is 4.39 Å². The second-order valence-corrected chi connectivity index (χ2v) is 5.79. The Balaban J connectivity index is 1.66. The first-order valence-electron chi connectivity index (χ1n) is 7.96. The zero-order valence-corrected chi connectivity index (χ0v) is 13.6. The Morgan fingerprint density at radius 2 is 2.00 bits per heavy atom. The smallest absolute Gasteiger partial charge is 0.149 e. The first-order chi connectivity index (χ1) is 12.2. The van der Waals surface area contributed by atoms with Crippen LogP contribution in [0.2, 0.25) is 0 Å². The van der Waals surface area contributed by atoms with E-state index in [1.807, 2.05) is 42.0 Å². The first kappa shape index (κ1) is 15.3. The van der Waals surface area contributed by atoms with E-state index >= 15 is 0 Å². The molecule has 1 N–H and O–H groups in total. The summed E-state index contributed by atoms with van der Waals surface area (Å²) in [5.74, 6) is 0.266. The summed E-state index contributed by atoms with van der Waals surface area (Å²) in [4.78, 5) is 12.4. The van der Waals surface area contributed by atoms with Crippen molar-refractivity contribution in [3.05, 3.63) is 78.9 Å². The standard InChI is InChI=1S/C19H16FN5/c1-13(14-4-2-5-15(10-14)25-9-8-21-12-25)24-19-16-6-3-7-17(20)18(16)22-11-23-19/h2-13H,1H3,(H,22,23,24)/t13-/m1/s1. The van der Waals surface area contributed by atoms with Crippen molar-refractivity contribution in [3.63, 3.8) is 0 Å². The second-order valence-electron chi connectivity index (χ2n) is 5.79. The van der Waals surface area contributed by atoms with Gasteiger partial charge in [-0.1, -0.05) is 18.2 Å². The number of anilines is 1. The van der Waals surface area contributed by atoms with Crippen LogP contribution in [0.4, 0.5) is 10.2 Å². The minimum Gasteiger partial charge on any atom is -0.363 e. The molecule has 0 aliphatic heterocycles. The van der Waals surface area contributed by atoms with E-state index in [4.69, 9.17) is 0 Å². The van der Waals surface area contributed by atoms with Gasteiger partial charge in [0.05, 0.1) is 12.4 Å². The quantitative estimate of drug-likeness (QED) is 0.610. The minimum atomic E-state index is -0.349. The molecule has 0 unspecified atom stereocenters. The molecule has 1 atom stereocenters. The fraction of sp³-hybridized carbons (Fsp3) is 0.105. The fourth-order valence-corrected chi connectivity index (χ4v) is 2.82. The number of hydrogen-bond acceptors (Lipinski definition) is 4. The molecule has 5 nitrogen and oxygen atoms in total. The molecule has 0 bridgehead atoms. The summed E-state index contributed by atoms with van der Waals surface area (Å²) in [6.07, 6.45) is 6.79. The predicted octanol–water partition coefficient (Wildman–Crippen LogP) is 4.13. The molecule has 0 amide bonds. The summed E-state index contributed by atoms with van der Waals surface area (Å²) in [7, 11) is 0. The number of nitrogens with one attached hydrogen (secondary N) is 1. The maximum absolute atomic E-state index is 13.9. The highest BCUT2D eigenvalue weighted by Gasteiger charge is 2.12. The first-order valence-corrected chi connectivity index (χ1v) is 7.96. The van der Waals surface area contributed by atoms with E-state index in [-0.39, 0.29) is 11.9 Å².